The predicted octanol–water partition coefficient (Wildman–Crippen LogP) is 7.80. The molecule has 1 amide bonds. The van der Waals surface area contributed by atoms with E-state index in [-0.39, 0.29) is 0 Å². The molecule has 0 aromatic carbocycles. The third-order valence-electron chi connectivity index (χ3n) is 5.60. The minimum Gasteiger partial charge on any atom is -0.449 e. The molecule has 3 N–H and O–H groups in total. The smallest absolute Gasteiger partial charge is 0.421 e. The quantitative estimate of drug-likeness (QED) is 0.0846. The Hall–Kier alpha value is -0.770. The lowest BCUT2D eigenvalue weighted by atomic mass is 10.0. The molecule has 0 aromatic heterocycles. The molecule has 0 spiro atoms. The van der Waals surface area contributed by atoms with Crippen molar-refractivity contribution >= 4 is 6.09 Å². The number of carbonyl (C=O) groups excluding carboxylic acids is 1. The number of amides is 1. The number of nitrogens with two attached hydrogens (primary N) is 1. The fourth-order valence-electron chi connectivity index (χ4n) is 3.74. The predicted molar refractivity (Wildman–Crippen MR) is 121 cm³/mol. The number of hydrogen-bond donors (Lipinski definition) is 2. The first kappa shape index (κ1) is 27.2. The van der Waals surface area contributed by atoms with Crippen molar-refractivity contribution in [3.05, 3.63) is 0 Å². The van der Waals surface area contributed by atoms with Crippen molar-refractivity contribution in [3.63, 3.8) is 0 Å². The summed E-state index contributed by atoms with van der Waals surface area (Å²) in [6.45, 7) is 2.76. The maximum absolute atomic E-state index is 10.8. The summed E-state index contributed by atoms with van der Waals surface area (Å²) in [6.07, 6.45) is 28.4. The van der Waals surface area contributed by atoms with Crippen molar-refractivity contribution in [2.75, 3.05) is 6.61 Å². The molecule has 0 rings (SSSR count). The first-order chi connectivity index (χ1) is 13.8. The topological polar surface area (TPSA) is 64.3 Å². The van der Waals surface area contributed by atoms with E-state index >= 15 is 0 Å². The summed E-state index contributed by atoms with van der Waals surface area (Å²) in [7, 11) is 0. The lowest BCUT2D eigenvalue weighted by Crippen LogP contribution is -2.30. The molecule has 168 valence electrons. The van der Waals surface area contributed by atoms with Gasteiger partial charge in [-0.1, -0.05) is 135 Å². The zero-order valence-electron chi connectivity index (χ0n) is 19.0. The summed E-state index contributed by atoms with van der Waals surface area (Å²) in [5.74, 6) is 4.94. The molecule has 0 aromatic rings. The summed E-state index contributed by atoms with van der Waals surface area (Å²) in [6, 6.07) is 0. The number of rotatable bonds is 22. The van der Waals surface area contributed by atoms with Crippen LogP contribution in [-0.4, -0.2) is 12.7 Å². The van der Waals surface area contributed by atoms with Crippen molar-refractivity contribution in [3.8, 4) is 0 Å². The Morgan fingerprint density at radius 3 is 1.14 bits per heavy atom. The van der Waals surface area contributed by atoms with E-state index in [0.717, 1.165) is 12.8 Å². The molecular formula is C24H50N2O2. The zero-order valence-corrected chi connectivity index (χ0v) is 19.0. The van der Waals surface area contributed by atoms with Crippen LogP contribution in [0.1, 0.15) is 142 Å². The lowest BCUT2D eigenvalue weighted by Gasteiger charge is -2.04. The van der Waals surface area contributed by atoms with Gasteiger partial charge in [-0.05, 0) is 6.42 Å². The molecule has 0 radical (unpaired) electrons. The number of nitrogens with one attached hydrogen (secondary N) is 1. The van der Waals surface area contributed by atoms with E-state index in [4.69, 9.17) is 10.6 Å². The van der Waals surface area contributed by atoms with Gasteiger partial charge in [-0.25, -0.2) is 10.6 Å². The van der Waals surface area contributed by atoms with Crippen LogP contribution in [0.5, 0.6) is 0 Å². The number of carbonyl (C=O) groups is 1. The van der Waals surface area contributed by atoms with Gasteiger partial charge in [0.2, 0.25) is 0 Å². The Morgan fingerprint density at radius 1 is 0.571 bits per heavy atom. The number of hydrazine groups is 1. The highest BCUT2D eigenvalue weighted by atomic mass is 16.5. The highest BCUT2D eigenvalue weighted by Crippen LogP contribution is 2.15. The molecule has 0 bridgehead atoms. The molecule has 0 fully saturated rings. The normalized spacial score (nSPS) is 10.9. The minimum atomic E-state index is -0.534. The van der Waals surface area contributed by atoms with E-state index in [2.05, 4.69) is 6.92 Å². The van der Waals surface area contributed by atoms with Crippen LogP contribution in [0.15, 0.2) is 0 Å². The second kappa shape index (κ2) is 24.3. The van der Waals surface area contributed by atoms with E-state index in [0.29, 0.717) is 6.61 Å². The molecule has 28 heavy (non-hydrogen) atoms. The Morgan fingerprint density at radius 2 is 0.857 bits per heavy atom. The maximum Gasteiger partial charge on any atom is 0.421 e. The van der Waals surface area contributed by atoms with Gasteiger partial charge in [-0.3, -0.25) is 5.43 Å². The van der Waals surface area contributed by atoms with Gasteiger partial charge in [0.1, 0.15) is 0 Å². The second-order valence-corrected chi connectivity index (χ2v) is 8.35. The summed E-state index contributed by atoms with van der Waals surface area (Å²) >= 11 is 0. The van der Waals surface area contributed by atoms with E-state index < -0.39 is 6.09 Å². The molecule has 0 saturated carbocycles. The Kier molecular flexibility index (Phi) is 23.6. The van der Waals surface area contributed by atoms with Gasteiger partial charge < -0.3 is 4.74 Å². The number of hydrogen-bond acceptors (Lipinski definition) is 3. The monoisotopic (exact) mass is 398 g/mol. The molecule has 0 aliphatic carbocycles. The van der Waals surface area contributed by atoms with Crippen molar-refractivity contribution < 1.29 is 9.53 Å². The van der Waals surface area contributed by atoms with E-state index in [1.807, 2.05) is 5.43 Å². The van der Waals surface area contributed by atoms with Gasteiger partial charge in [0.25, 0.3) is 0 Å². The van der Waals surface area contributed by atoms with Crippen LogP contribution < -0.4 is 11.3 Å². The van der Waals surface area contributed by atoms with Crippen molar-refractivity contribution in [2.24, 2.45) is 5.84 Å². The highest BCUT2D eigenvalue weighted by molar-refractivity contribution is 5.66. The van der Waals surface area contributed by atoms with Crippen LogP contribution in [-0.2, 0) is 4.74 Å². The van der Waals surface area contributed by atoms with Gasteiger partial charge in [0.05, 0.1) is 6.61 Å². The molecule has 0 aliphatic heterocycles. The lowest BCUT2D eigenvalue weighted by molar-refractivity contribution is 0.144. The highest BCUT2D eigenvalue weighted by Gasteiger charge is 1.98. The Bertz CT molecular complexity index is 311. The van der Waals surface area contributed by atoms with Crippen LogP contribution in [0.2, 0.25) is 0 Å². The molecule has 0 atom stereocenters. The van der Waals surface area contributed by atoms with Crippen molar-refractivity contribution in [1.82, 2.24) is 5.43 Å². The summed E-state index contributed by atoms with van der Waals surface area (Å²) in [5.41, 5.74) is 1.97. The minimum absolute atomic E-state index is 0.474. The molecule has 4 nitrogen and oxygen atoms in total. The van der Waals surface area contributed by atoms with E-state index in [9.17, 15) is 4.79 Å². The first-order valence-electron chi connectivity index (χ1n) is 12.4. The van der Waals surface area contributed by atoms with Crippen LogP contribution in [0, 0.1) is 0 Å². The van der Waals surface area contributed by atoms with Crippen LogP contribution in [0.25, 0.3) is 0 Å². The molecule has 0 unspecified atom stereocenters. The Balaban J connectivity index is 3.00. The van der Waals surface area contributed by atoms with Gasteiger partial charge in [-0.2, -0.15) is 0 Å². The molecule has 0 aliphatic rings. The second-order valence-electron chi connectivity index (χ2n) is 8.35. The largest absolute Gasteiger partial charge is 0.449 e. The summed E-state index contributed by atoms with van der Waals surface area (Å²) in [4.78, 5) is 10.8. The van der Waals surface area contributed by atoms with Crippen LogP contribution in [0.4, 0.5) is 4.79 Å². The molecule has 0 heterocycles. The van der Waals surface area contributed by atoms with Crippen molar-refractivity contribution in [2.45, 2.75) is 142 Å². The molecule has 0 saturated heterocycles. The van der Waals surface area contributed by atoms with Crippen molar-refractivity contribution in [1.29, 1.82) is 0 Å². The van der Waals surface area contributed by atoms with Gasteiger partial charge in [0.15, 0.2) is 0 Å². The third-order valence-corrected chi connectivity index (χ3v) is 5.60. The average Bonchev–Trinajstić information content (AvgIpc) is 2.71. The van der Waals surface area contributed by atoms with E-state index in [1.54, 1.807) is 0 Å². The Labute approximate surface area is 175 Å². The summed E-state index contributed by atoms with van der Waals surface area (Å²) < 4.78 is 4.86. The number of unbranched alkanes of at least 4 members (excludes halogenated alkanes) is 20. The maximum atomic E-state index is 10.8. The van der Waals surface area contributed by atoms with Crippen LogP contribution >= 0.6 is 0 Å². The summed E-state index contributed by atoms with van der Waals surface area (Å²) in [5, 5.41) is 0. The number of ether oxygens (including phenoxy) is 1. The van der Waals surface area contributed by atoms with Gasteiger partial charge in [-0.15, -0.1) is 0 Å². The zero-order chi connectivity index (χ0) is 20.5. The van der Waals surface area contributed by atoms with Crippen LogP contribution in [0.3, 0.4) is 0 Å². The average molecular weight is 399 g/mol. The SMILES string of the molecule is CCCCCCCCCCCCCCCCCCCCCCCOC(=O)NN. The van der Waals surface area contributed by atoms with Gasteiger partial charge in [0, 0.05) is 0 Å². The molecular weight excluding hydrogens is 348 g/mol. The fourth-order valence-corrected chi connectivity index (χ4v) is 3.74. The standard InChI is InChI=1S/C24H50N2O2/c1-2-3-4-5-6-7-8-9-10-11-12-13-14-15-16-17-18-19-20-21-22-23-28-24(27)26-25/h2-23,25H2,1H3,(H,26,27). The fraction of sp³-hybridized carbons (Fsp3) is 0.958. The van der Waals surface area contributed by atoms with E-state index in [1.165, 1.54) is 122 Å². The molecule has 4 heteroatoms. The first-order valence-corrected chi connectivity index (χ1v) is 12.4. The third kappa shape index (κ3) is 23.3. The van der Waals surface area contributed by atoms with Gasteiger partial charge >= 0.3 is 6.09 Å².